The highest BCUT2D eigenvalue weighted by atomic mass is 19.1. The summed E-state index contributed by atoms with van der Waals surface area (Å²) in [5.41, 5.74) is 8.58. The van der Waals surface area contributed by atoms with Crippen molar-refractivity contribution in [2.75, 3.05) is 0 Å². The number of aryl methyl sites for hydroxylation is 3. The second kappa shape index (κ2) is 7.91. The number of amides is 1. The molecule has 0 saturated heterocycles. The number of rotatable bonds is 7. The molecular formula is C20H21FN4O. The van der Waals surface area contributed by atoms with E-state index in [1.807, 2.05) is 29.8 Å². The van der Waals surface area contributed by atoms with Crippen molar-refractivity contribution in [3.05, 3.63) is 82.7 Å². The normalized spacial score (nSPS) is 10.8. The van der Waals surface area contributed by atoms with Gasteiger partial charge in [0.05, 0.1) is 13.0 Å². The Kier molecular flexibility index (Phi) is 5.41. The summed E-state index contributed by atoms with van der Waals surface area (Å²) >= 11 is 0. The predicted molar refractivity (Wildman–Crippen MR) is 97.0 cm³/mol. The average molecular weight is 352 g/mol. The lowest BCUT2D eigenvalue weighted by Crippen LogP contribution is -2.15. The Balaban J connectivity index is 1.80. The van der Waals surface area contributed by atoms with Gasteiger partial charge in [-0.25, -0.2) is 14.1 Å². The molecule has 1 aromatic heterocycles. The van der Waals surface area contributed by atoms with Crippen LogP contribution in [0.25, 0.3) is 0 Å². The van der Waals surface area contributed by atoms with Gasteiger partial charge in [-0.1, -0.05) is 42.0 Å². The highest BCUT2D eigenvalue weighted by Crippen LogP contribution is 2.12. The minimum Gasteiger partial charge on any atom is -0.369 e. The van der Waals surface area contributed by atoms with Crippen LogP contribution >= 0.6 is 0 Å². The van der Waals surface area contributed by atoms with Crippen molar-refractivity contribution < 1.29 is 9.18 Å². The van der Waals surface area contributed by atoms with E-state index < -0.39 is 5.91 Å². The highest BCUT2D eigenvalue weighted by Gasteiger charge is 2.12. The number of nitrogens with two attached hydrogens (primary N) is 1. The van der Waals surface area contributed by atoms with Gasteiger partial charge in [-0.2, -0.15) is 5.10 Å². The van der Waals surface area contributed by atoms with Crippen molar-refractivity contribution in [1.82, 2.24) is 14.8 Å². The molecule has 134 valence electrons. The Hall–Kier alpha value is -3.02. The standard InChI is InChI=1S/C20H21FN4O/c1-14-3-2-4-16(11-14)13-25-20(23-19(24-25)12-18(22)26)10-7-15-5-8-17(21)9-6-15/h2-6,8-9,11H,7,10,12-13H2,1H3,(H2,22,26). The molecule has 1 amide bonds. The summed E-state index contributed by atoms with van der Waals surface area (Å²) in [4.78, 5) is 15.7. The Morgan fingerprint density at radius 2 is 1.88 bits per heavy atom. The monoisotopic (exact) mass is 352 g/mol. The Bertz CT molecular complexity index is 902. The highest BCUT2D eigenvalue weighted by molar-refractivity contribution is 5.75. The van der Waals surface area contributed by atoms with Crippen molar-refractivity contribution in [1.29, 1.82) is 0 Å². The summed E-state index contributed by atoms with van der Waals surface area (Å²) in [5.74, 6) is 0.509. The molecule has 0 saturated carbocycles. The molecule has 5 nitrogen and oxygen atoms in total. The number of hydrogen-bond acceptors (Lipinski definition) is 3. The van der Waals surface area contributed by atoms with E-state index in [1.54, 1.807) is 12.1 Å². The van der Waals surface area contributed by atoms with Crippen molar-refractivity contribution in [3.8, 4) is 0 Å². The van der Waals surface area contributed by atoms with Crippen LogP contribution in [0.1, 0.15) is 28.3 Å². The molecule has 3 rings (SSSR count). The minimum atomic E-state index is -0.456. The number of hydrogen-bond donors (Lipinski definition) is 1. The molecule has 3 aromatic rings. The summed E-state index contributed by atoms with van der Waals surface area (Å²) in [6.07, 6.45) is 1.37. The quantitative estimate of drug-likeness (QED) is 0.710. The second-order valence-corrected chi connectivity index (χ2v) is 6.36. The first-order valence-corrected chi connectivity index (χ1v) is 8.50. The van der Waals surface area contributed by atoms with E-state index in [2.05, 4.69) is 16.1 Å². The Morgan fingerprint density at radius 3 is 2.58 bits per heavy atom. The van der Waals surface area contributed by atoms with Crippen LogP contribution in [0.2, 0.25) is 0 Å². The maximum Gasteiger partial charge on any atom is 0.225 e. The molecule has 0 aliphatic rings. The molecule has 6 heteroatoms. The SMILES string of the molecule is Cc1cccc(Cn2nc(CC(N)=O)nc2CCc2ccc(F)cc2)c1. The molecule has 0 aliphatic carbocycles. The van der Waals surface area contributed by atoms with E-state index in [0.717, 1.165) is 17.0 Å². The molecule has 0 radical (unpaired) electrons. The van der Waals surface area contributed by atoms with Crippen LogP contribution < -0.4 is 5.73 Å². The first-order valence-electron chi connectivity index (χ1n) is 8.50. The summed E-state index contributed by atoms with van der Waals surface area (Å²) in [6.45, 7) is 2.62. The van der Waals surface area contributed by atoms with E-state index in [0.29, 0.717) is 25.2 Å². The predicted octanol–water partition coefficient (Wildman–Crippen LogP) is 2.59. The third-order valence-corrected chi connectivity index (χ3v) is 4.09. The van der Waals surface area contributed by atoms with Crippen LogP contribution in [0, 0.1) is 12.7 Å². The zero-order valence-electron chi connectivity index (χ0n) is 14.7. The smallest absolute Gasteiger partial charge is 0.225 e. The van der Waals surface area contributed by atoms with E-state index >= 15 is 0 Å². The molecule has 1 heterocycles. The first kappa shape index (κ1) is 17.8. The lowest BCUT2D eigenvalue weighted by atomic mass is 10.1. The minimum absolute atomic E-state index is 0.0182. The first-order chi connectivity index (χ1) is 12.5. The molecule has 0 fully saturated rings. The third-order valence-electron chi connectivity index (χ3n) is 4.09. The van der Waals surface area contributed by atoms with Gasteiger partial charge in [0, 0.05) is 6.42 Å². The maximum atomic E-state index is 13.0. The van der Waals surface area contributed by atoms with Gasteiger partial charge in [-0.3, -0.25) is 4.79 Å². The van der Waals surface area contributed by atoms with E-state index in [-0.39, 0.29) is 12.2 Å². The van der Waals surface area contributed by atoms with Crippen LogP contribution in [0.15, 0.2) is 48.5 Å². The number of halogens is 1. The molecule has 26 heavy (non-hydrogen) atoms. The van der Waals surface area contributed by atoms with E-state index in [1.165, 1.54) is 17.7 Å². The fraction of sp³-hybridized carbons (Fsp3) is 0.250. The zero-order chi connectivity index (χ0) is 18.5. The van der Waals surface area contributed by atoms with Gasteiger partial charge < -0.3 is 5.73 Å². The summed E-state index contributed by atoms with van der Waals surface area (Å²) < 4.78 is 14.9. The number of benzene rings is 2. The third kappa shape index (κ3) is 4.75. The van der Waals surface area contributed by atoms with Crippen molar-refractivity contribution in [2.24, 2.45) is 5.73 Å². The molecule has 0 unspecified atom stereocenters. The number of nitrogens with zero attached hydrogens (tertiary/aromatic N) is 3. The molecular weight excluding hydrogens is 331 g/mol. The van der Waals surface area contributed by atoms with Gasteiger partial charge in [0.2, 0.25) is 5.91 Å². The molecule has 2 aromatic carbocycles. The fourth-order valence-electron chi connectivity index (χ4n) is 2.86. The Morgan fingerprint density at radius 1 is 1.12 bits per heavy atom. The van der Waals surface area contributed by atoms with Crippen LogP contribution in [-0.4, -0.2) is 20.7 Å². The number of aromatic nitrogens is 3. The van der Waals surface area contributed by atoms with Crippen LogP contribution in [-0.2, 0) is 30.6 Å². The largest absolute Gasteiger partial charge is 0.369 e. The molecule has 0 spiro atoms. The van der Waals surface area contributed by atoms with Gasteiger partial charge in [-0.15, -0.1) is 0 Å². The van der Waals surface area contributed by atoms with E-state index in [9.17, 15) is 9.18 Å². The zero-order valence-corrected chi connectivity index (χ0v) is 14.7. The summed E-state index contributed by atoms with van der Waals surface area (Å²) in [5, 5.41) is 4.45. The molecule has 2 N–H and O–H groups in total. The van der Waals surface area contributed by atoms with Gasteiger partial charge in [0.25, 0.3) is 0 Å². The number of primary amides is 1. The number of carbonyl (C=O) groups excluding carboxylic acids is 1. The lowest BCUT2D eigenvalue weighted by Gasteiger charge is -2.07. The van der Waals surface area contributed by atoms with Crippen molar-refractivity contribution in [3.63, 3.8) is 0 Å². The average Bonchev–Trinajstić information content (AvgIpc) is 2.95. The fourth-order valence-corrected chi connectivity index (χ4v) is 2.86. The van der Waals surface area contributed by atoms with Crippen LogP contribution in [0.4, 0.5) is 4.39 Å². The van der Waals surface area contributed by atoms with Crippen molar-refractivity contribution >= 4 is 5.91 Å². The van der Waals surface area contributed by atoms with Gasteiger partial charge in [0.1, 0.15) is 11.6 Å². The second-order valence-electron chi connectivity index (χ2n) is 6.36. The van der Waals surface area contributed by atoms with Gasteiger partial charge >= 0.3 is 0 Å². The summed E-state index contributed by atoms with van der Waals surface area (Å²) in [7, 11) is 0. The van der Waals surface area contributed by atoms with Crippen LogP contribution in [0.5, 0.6) is 0 Å². The Labute approximate surface area is 151 Å². The van der Waals surface area contributed by atoms with Gasteiger partial charge in [0.15, 0.2) is 5.82 Å². The molecule has 0 atom stereocenters. The molecule has 0 bridgehead atoms. The lowest BCUT2D eigenvalue weighted by molar-refractivity contribution is -0.117. The maximum absolute atomic E-state index is 13.0. The summed E-state index contributed by atoms with van der Waals surface area (Å²) in [6, 6.07) is 14.6. The van der Waals surface area contributed by atoms with Crippen LogP contribution in [0.3, 0.4) is 0 Å². The van der Waals surface area contributed by atoms with Gasteiger partial charge in [-0.05, 0) is 36.6 Å². The van der Waals surface area contributed by atoms with E-state index in [4.69, 9.17) is 5.73 Å². The topological polar surface area (TPSA) is 73.8 Å². The number of carbonyl (C=O) groups is 1. The van der Waals surface area contributed by atoms with Crippen molar-refractivity contribution in [2.45, 2.75) is 32.7 Å². The molecule has 0 aliphatic heterocycles.